The van der Waals surface area contributed by atoms with E-state index >= 15 is 0 Å². The van der Waals surface area contributed by atoms with Gasteiger partial charge in [-0.3, -0.25) is 4.90 Å². The summed E-state index contributed by atoms with van der Waals surface area (Å²) in [4.78, 5) is 17.7. The largest absolute Gasteiger partial charge is 0.507 e. The topological polar surface area (TPSA) is 91.4 Å². The van der Waals surface area contributed by atoms with E-state index in [-0.39, 0.29) is 11.7 Å². The minimum Gasteiger partial charge on any atom is -0.507 e. The average molecular weight is 405 g/mol. The predicted octanol–water partition coefficient (Wildman–Crippen LogP) is 3.07. The van der Waals surface area contributed by atoms with E-state index in [2.05, 4.69) is 57.7 Å². The Hall–Kier alpha value is -3.19. The molecule has 1 saturated heterocycles. The number of rotatable bonds is 4. The van der Waals surface area contributed by atoms with Crippen molar-refractivity contribution in [2.24, 2.45) is 0 Å². The highest BCUT2D eigenvalue weighted by Gasteiger charge is 2.22. The van der Waals surface area contributed by atoms with Crippen molar-refractivity contribution < 1.29 is 5.11 Å². The van der Waals surface area contributed by atoms with Crippen molar-refractivity contribution in [3.8, 4) is 17.1 Å². The molecule has 0 amide bonds. The third-order valence-electron chi connectivity index (χ3n) is 5.66. The number of aromatic hydroxyl groups is 1. The summed E-state index contributed by atoms with van der Waals surface area (Å²) in [6.45, 7) is 11.0. The van der Waals surface area contributed by atoms with E-state index in [9.17, 15) is 5.11 Å². The van der Waals surface area contributed by atoms with Gasteiger partial charge < -0.3 is 15.7 Å². The van der Waals surface area contributed by atoms with E-state index in [0.29, 0.717) is 17.3 Å². The van der Waals surface area contributed by atoms with Crippen LogP contribution in [0.4, 0.5) is 11.9 Å². The lowest BCUT2D eigenvalue weighted by atomic mass is 9.99. The second-order valence-electron chi connectivity index (χ2n) is 7.97. The number of hydrogen-bond acceptors (Lipinski definition) is 7. The van der Waals surface area contributed by atoms with Crippen molar-refractivity contribution in [2.75, 3.05) is 36.8 Å². The van der Waals surface area contributed by atoms with Gasteiger partial charge in [0.1, 0.15) is 5.75 Å². The van der Waals surface area contributed by atoms with Crippen molar-refractivity contribution >= 4 is 11.9 Å². The van der Waals surface area contributed by atoms with E-state index in [1.165, 1.54) is 22.3 Å². The fraction of sp³-hybridized carbons (Fsp3) is 0.348. The Bertz CT molecular complexity index is 1040. The molecule has 2 aromatic carbocycles. The van der Waals surface area contributed by atoms with Crippen LogP contribution < -0.4 is 10.6 Å². The number of benzene rings is 2. The molecule has 0 bridgehead atoms. The maximum atomic E-state index is 10.1. The van der Waals surface area contributed by atoms with Crippen LogP contribution in [-0.4, -0.2) is 51.1 Å². The third-order valence-corrected chi connectivity index (χ3v) is 5.66. The van der Waals surface area contributed by atoms with Crippen molar-refractivity contribution in [3.63, 3.8) is 0 Å². The fourth-order valence-corrected chi connectivity index (χ4v) is 4.09. The molecule has 4 rings (SSSR count). The first-order valence-electron chi connectivity index (χ1n) is 10.2. The van der Waals surface area contributed by atoms with E-state index in [0.717, 1.165) is 32.7 Å². The summed E-state index contributed by atoms with van der Waals surface area (Å²) in [5.41, 5.74) is 11.9. The zero-order valence-electron chi connectivity index (χ0n) is 17.8. The SMILES string of the molecule is Cc1cc(C)c(CN2CCN(c3nc(N)nc(-c4ccccc4O)n3)CC2)c(C)c1. The van der Waals surface area contributed by atoms with Gasteiger partial charge in [-0.25, -0.2) is 0 Å². The van der Waals surface area contributed by atoms with Gasteiger partial charge in [0.05, 0.1) is 5.56 Å². The summed E-state index contributed by atoms with van der Waals surface area (Å²) in [7, 11) is 0. The molecule has 7 heteroatoms. The minimum atomic E-state index is 0.128. The number of nitrogens with two attached hydrogens (primary N) is 1. The van der Waals surface area contributed by atoms with Gasteiger partial charge in [0.15, 0.2) is 5.82 Å². The van der Waals surface area contributed by atoms with Crippen LogP contribution in [-0.2, 0) is 6.54 Å². The first-order chi connectivity index (χ1) is 14.4. The van der Waals surface area contributed by atoms with E-state index < -0.39 is 0 Å². The molecule has 0 atom stereocenters. The lowest BCUT2D eigenvalue weighted by Crippen LogP contribution is -2.46. The van der Waals surface area contributed by atoms with Crippen molar-refractivity contribution in [2.45, 2.75) is 27.3 Å². The molecule has 0 aliphatic carbocycles. The van der Waals surface area contributed by atoms with Gasteiger partial charge in [-0.1, -0.05) is 29.8 Å². The molecule has 156 valence electrons. The standard InChI is InChI=1S/C23H28N6O/c1-15-12-16(2)19(17(3)13-15)14-28-8-10-29(11-9-28)23-26-21(25-22(24)27-23)18-6-4-5-7-20(18)30/h4-7,12-13,30H,8-11,14H2,1-3H3,(H2,24,25,26,27). The first kappa shape index (κ1) is 20.1. The first-order valence-corrected chi connectivity index (χ1v) is 10.2. The quantitative estimate of drug-likeness (QED) is 0.690. The number of anilines is 2. The molecule has 7 nitrogen and oxygen atoms in total. The van der Waals surface area contributed by atoms with Gasteiger partial charge in [0, 0.05) is 32.7 Å². The predicted molar refractivity (Wildman–Crippen MR) is 119 cm³/mol. The minimum absolute atomic E-state index is 0.128. The van der Waals surface area contributed by atoms with Gasteiger partial charge in [-0.2, -0.15) is 15.0 Å². The number of para-hydroxylation sites is 1. The van der Waals surface area contributed by atoms with E-state index in [4.69, 9.17) is 5.73 Å². The fourth-order valence-electron chi connectivity index (χ4n) is 4.09. The normalized spacial score (nSPS) is 14.8. The van der Waals surface area contributed by atoms with Crippen molar-refractivity contribution in [1.29, 1.82) is 0 Å². The number of nitrogen functional groups attached to an aromatic ring is 1. The molecule has 30 heavy (non-hydrogen) atoms. The summed E-state index contributed by atoms with van der Waals surface area (Å²) < 4.78 is 0. The van der Waals surface area contributed by atoms with Crippen LogP contribution >= 0.6 is 0 Å². The van der Waals surface area contributed by atoms with Crippen LogP contribution in [0.3, 0.4) is 0 Å². The number of nitrogens with zero attached hydrogens (tertiary/aromatic N) is 5. The van der Waals surface area contributed by atoms with Crippen LogP contribution in [0.1, 0.15) is 22.3 Å². The number of piperazine rings is 1. The molecule has 1 aromatic heterocycles. The van der Waals surface area contributed by atoms with Gasteiger partial charge in [0.2, 0.25) is 11.9 Å². The summed E-state index contributed by atoms with van der Waals surface area (Å²) >= 11 is 0. The monoisotopic (exact) mass is 404 g/mol. The molecule has 2 heterocycles. The molecule has 3 N–H and O–H groups in total. The lowest BCUT2D eigenvalue weighted by Gasteiger charge is -2.35. The number of phenolic OH excluding ortho intramolecular Hbond substituents is 1. The van der Waals surface area contributed by atoms with Crippen LogP contribution in [0.5, 0.6) is 5.75 Å². The highest BCUT2D eigenvalue weighted by Crippen LogP contribution is 2.27. The molecule has 1 aliphatic heterocycles. The van der Waals surface area contributed by atoms with E-state index in [1.807, 2.05) is 6.07 Å². The molecule has 1 fully saturated rings. The van der Waals surface area contributed by atoms with Crippen LogP contribution in [0.2, 0.25) is 0 Å². The van der Waals surface area contributed by atoms with Crippen LogP contribution in [0.15, 0.2) is 36.4 Å². The molecule has 0 unspecified atom stereocenters. The Morgan fingerprint density at radius 2 is 1.60 bits per heavy atom. The maximum absolute atomic E-state index is 10.1. The second-order valence-corrected chi connectivity index (χ2v) is 7.97. The summed E-state index contributed by atoms with van der Waals surface area (Å²) in [6.07, 6.45) is 0. The van der Waals surface area contributed by atoms with Gasteiger partial charge in [-0.05, 0) is 49.6 Å². The average Bonchev–Trinajstić information content (AvgIpc) is 2.71. The Labute approximate surface area is 177 Å². The molecule has 1 aliphatic rings. The van der Waals surface area contributed by atoms with Crippen LogP contribution in [0.25, 0.3) is 11.4 Å². The number of aryl methyl sites for hydroxylation is 3. The molecular weight excluding hydrogens is 376 g/mol. The van der Waals surface area contributed by atoms with Crippen molar-refractivity contribution in [3.05, 3.63) is 58.7 Å². The Balaban J connectivity index is 1.48. The summed E-state index contributed by atoms with van der Waals surface area (Å²) in [5.74, 6) is 1.24. The third kappa shape index (κ3) is 4.21. The second kappa shape index (κ2) is 8.28. The Morgan fingerprint density at radius 1 is 0.933 bits per heavy atom. The Morgan fingerprint density at radius 3 is 2.27 bits per heavy atom. The molecule has 0 saturated carbocycles. The van der Waals surface area contributed by atoms with Gasteiger partial charge in [-0.15, -0.1) is 0 Å². The van der Waals surface area contributed by atoms with Gasteiger partial charge >= 0.3 is 0 Å². The highest BCUT2D eigenvalue weighted by molar-refractivity contribution is 5.65. The number of hydrogen-bond donors (Lipinski definition) is 2. The molecule has 3 aromatic rings. The lowest BCUT2D eigenvalue weighted by molar-refractivity contribution is 0.248. The molecular formula is C23H28N6O. The zero-order chi connectivity index (χ0) is 21.3. The van der Waals surface area contributed by atoms with Crippen LogP contribution in [0, 0.1) is 20.8 Å². The highest BCUT2D eigenvalue weighted by atomic mass is 16.3. The van der Waals surface area contributed by atoms with E-state index in [1.54, 1.807) is 18.2 Å². The number of aromatic nitrogens is 3. The number of phenols is 1. The maximum Gasteiger partial charge on any atom is 0.230 e. The molecule has 0 spiro atoms. The zero-order valence-corrected chi connectivity index (χ0v) is 17.8. The Kier molecular flexibility index (Phi) is 5.55. The van der Waals surface area contributed by atoms with Crippen molar-refractivity contribution in [1.82, 2.24) is 19.9 Å². The van der Waals surface area contributed by atoms with Gasteiger partial charge in [0.25, 0.3) is 0 Å². The smallest absolute Gasteiger partial charge is 0.230 e. The molecule has 0 radical (unpaired) electrons. The summed E-state index contributed by atoms with van der Waals surface area (Å²) in [5, 5.41) is 10.1. The summed E-state index contributed by atoms with van der Waals surface area (Å²) in [6, 6.07) is 11.5.